The standard InChI is InChI=1S/C14H13FN6O/c15-10-3-1-2-9(6-10)7-12-8-11(16-17-12)4-5-13(22)14-18-20-21-19-14/h1-6,8,13,22H,7H2,(H,16,17)(H,18,19,20,21). The summed E-state index contributed by atoms with van der Waals surface area (Å²) in [6.45, 7) is 0. The van der Waals surface area contributed by atoms with Gasteiger partial charge in [-0.3, -0.25) is 5.10 Å². The fraction of sp³-hybridized carbons (Fsp3) is 0.143. The van der Waals surface area contributed by atoms with Crippen molar-refractivity contribution >= 4 is 6.08 Å². The minimum atomic E-state index is -0.956. The van der Waals surface area contributed by atoms with Gasteiger partial charge in [0.15, 0.2) is 0 Å². The van der Waals surface area contributed by atoms with Crippen LogP contribution in [0.2, 0.25) is 0 Å². The van der Waals surface area contributed by atoms with Crippen LogP contribution < -0.4 is 0 Å². The zero-order valence-corrected chi connectivity index (χ0v) is 11.4. The van der Waals surface area contributed by atoms with E-state index in [9.17, 15) is 9.50 Å². The molecule has 0 aliphatic heterocycles. The average molecular weight is 300 g/mol. The third-order valence-electron chi connectivity index (χ3n) is 3.01. The van der Waals surface area contributed by atoms with E-state index in [0.29, 0.717) is 12.1 Å². The summed E-state index contributed by atoms with van der Waals surface area (Å²) in [7, 11) is 0. The molecule has 2 aromatic heterocycles. The number of rotatable bonds is 5. The van der Waals surface area contributed by atoms with Crippen LogP contribution in [0.5, 0.6) is 0 Å². The number of aliphatic hydroxyl groups excluding tert-OH is 1. The molecular formula is C14H13FN6O. The number of benzene rings is 1. The SMILES string of the molecule is OC(C=Cc1cc(Cc2cccc(F)c2)[nH]n1)c1nn[nH]n1. The lowest BCUT2D eigenvalue weighted by molar-refractivity contribution is 0.219. The molecule has 0 saturated heterocycles. The lowest BCUT2D eigenvalue weighted by Gasteiger charge is -1.98. The second-order valence-electron chi connectivity index (χ2n) is 4.70. The summed E-state index contributed by atoms with van der Waals surface area (Å²) in [5.41, 5.74) is 2.35. The molecule has 3 rings (SSSR count). The van der Waals surface area contributed by atoms with Crippen LogP contribution in [0.1, 0.15) is 28.9 Å². The van der Waals surface area contributed by atoms with E-state index in [1.165, 1.54) is 18.2 Å². The van der Waals surface area contributed by atoms with Gasteiger partial charge in [0, 0.05) is 12.1 Å². The Kier molecular flexibility index (Phi) is 4.01. The van der Waals surface area contributed by atoms with Crippen molar-refractivity contribution in [2.75, 3.05) is 0 Å². The van der Waals surface area contributed by atoms with Crippen LogP contribution >= 0.6 is 0 Å². The summed E-state index contributed by atoms with van der Waals surface area (Å²) < 4.78 is 13.1. The Labute approximate surface area is 124 Å². The van der Waals surface area contributed by atoms with Crippen molar-refractivity contribution in [1.82, 2.24) is 30.8 Å². The molecule has 0 amide bonds. The highest BCUT2D eigenvalue weighted by atomic mass is 19.1. The summed E-state index contributed by atoms with van der Waals surface area (Å²) >= 11 is 0. The van der Waals surface area contributed by atoms with Crippen LogP contribution in [0.15, 0.2) is 36.4 Å². The molecule has 0 spiro atoms. The smallest absolute Gasteiger partial charge is 0.206 e. The van der Waals surface area contributed by atoms with Gasteiger partial charge in [0.1, 0.15) is 11.9 Å². The van der Waals surface area contributed by atoms with Crippen LogP contribution in [-0.4, -0.2) is 35.9 Å². The van der Waals surface area contributed by atoms with E-state index < -0.39 is 6.10 Å². The van der Waals surface area contributed by atoms with Gasteiger partial charge in [-0.15, -0.1) is 10.2 Å². The number of hydrogen-bond acceptors (Lipinski definition) is 5. The normalized spacial score (nSPS) is 12.8. The van der Waals surface area contributed by atoms with Crippen molar-refractivity contribution < 1.29 is 9.50 Å². The molecule has 3 N–H and O–H groups in total. The summed E-state index contributed by atoms with van der Waals surface area (Å²) in [5, 5.41) is 29.8. The Morgan fingerprint density at radius 2 is 2.18 bits per heavy atom. The second-order valence-corrected chi connectivity index (χ2v) is 4.70. The van der Waals surface area contributed by atoms with Crippen molar-refractivity contribution in [3.8, 4) is 0 Å². The molecule has 0 bridgehead atoms. The zero-order valence-electron chi connectivity index (χ0n) is 11.4. The summed E-state index contributed by atoms with van der Waals surface area (Å²) in [4.78, 5) is 0. The van der Waals surface area contributed by atoms with Crippen molar-refractivity contribution in [1.29, 1.82) is 0 Å². The average Bonchev–Trinajstić information content (AvgIpc) is 3.16. The summed E-state index contributed by atoms with van der Waals surface area (Å²) in [6.07, 6.45) is 2.74. The number of aromatic nitrogens is 6. The van der Waals surface area contributed by atoms with E-state index in [4.69, 9.17) is 0 Å². The molecule has 3 aromatic rings. The van der Waals surface area contributed by atoms with E-state index in [2.05, 4.69) is 30.8 Å². The summed E-state index contributed by atoms with van der Waals surface area (Å²) in [6, 6.07) is 8.23. The van der Waals surface area contributed by atoms with E-state index in [0.717, 1.165) is 11.3 Å². The number of tetrazole rings is 1. The van der Waals surface area contributed by atoms with Crippen LogP contribution in [0, 0.1) is 5.82 Å². The number of H-pyrrole nitrogens is 2. The van der Waals surface area contributed by atoms with Crippen molar-refractivity contribution in [2.45, 2.75) is 12.5 Å². The second kappa shape index (κ2) is 6.27. The number of aromatic amines is 2. The van der Waals surface area contributed by atoms with Crippen molar-refractivity contribution in [2.24, 2.45) is 0 Å². The maximum Gasteiger partial charge on any atom is 0.206 e. The van der Waals surface area contributed by atoms with Crippen LogP contribution in [0.4, 0.5) is 4.39 Å². The third-order valence-corrected chi connectivity index (χ3v) is 3.01. The maximum atomic E-state index is 13.1. The largest absolute Gasteiger partial charge is 0.381 e. The molecule has 7 nitrogen and oxygen atoms in total. The summed E-state index contributed by atoms with van der Waals surface area (Å²) in [5.74, 6) is -0.0767. The molecule has 22 heavy (non-hydrogen) atoms. The Morgan fingerprint density at radius 1 is 1.27 bits per heavy atom. The first-order chi connectivity index (χ1) is 10.7. The van der Waals surface area contributed by atoms with E-state index >= 15 is 0 Å². The number of halogens is 1. The topological polar surface area (TPSA) is 103 Å². The Balaban J connectivity index is 1.66. The highest BCUT2D eigenvalue weighted by molar-refractivity contribution is 5.46. The van der Waals surface area contributed by atoms with Gasteiger partial charge in [0.25, 0.3) is 0 Å². The molecule has 0 fully saturated rings. The monoisotopic (exact) mass is 300 g/mol. The van der Waals surface area contributed by atoms with Crippen LogP contribution in [-0.2, 0) is 6.42 Å². The van der Waals surface area contributed by atoms with Crippen molar-refractivity contribution in [3.63, 3.8) is 0 Å². The Hall–Kier alpha value is -2.87. The molecule has 0 saturated carbocycles. The van der Waals surface area contributed by atoms with E-state index in [-0.39, 0.29) is 11.6 Å². The van der Waals surface area contributed by atoms with Gasteiger partial charge >= 0.3 is 0 Å². The first kappa shape index (κ1) is 14.1. The minimum Gasteiger partial charge on any atom is -0.381 e. The third kappa shape index (κ3) is 3.41. The predicted octanol–water partition coefficient (Wildman–Crippen LogP) is 1.40. The van der Waals surface area contributed by atoms with E-state index in [1.807, 2.05) is 12.1 Å². The molecule has 0 radical (unpaired) electrons. The molecule has 2 heterocycles. The molecule has 8 heteroatoms. The van der Waals surface area contributed by atoms with Gasteiger partial charge in [-0.25, -0.2) is 4.39 Å². The molecule has 0 aliphatic rings. The highest BCUT2D eigenvalue weighted by Crippen LogP contribution is 2.13. The fourth-order valence-electron chi connectivity index (χ4n) is 1.99. The fourth-order valence-corrected chi connectivity index (χ4v) is 1.99. The first-order valence-electron chi connectivity index (χ1n) is 6.59. The molecule has 112 valence electrons. The predicted molar refractivity (Wildman–Crippen MR) is 76.0 cm³/mol. The maximum absolute atomic E-state index is 13.1. The lowest BCUT2D eigenvalue weighted by atomic mass is 10.1. The van der Waals surface area contributed by atoms with Gasteiger partial charge in [-0.05, 0) is 35.9 Å². The van der Waals surface area contributed by atoms with Crippen molar-refractivity contribution in [3.05, 3.63) is 65.0 Å². The van der Waals surface area contributed by atoms with Gasteiger partial charge < -0.3 is 5.11 Å². The van der Waals surface area contributed by atoms with Gasteiger partial charge in [-0.1, -0.05) is 17.3 Å². The quantitative estimate of drug-likeness (QED) is 0.661. The highest BCUT2D eigenvalue weighted by Gasteiger charge is 2.08. The van der Waals surface area contributed by atoms with Crippen LogP contribution in [0.3, 0.4) is 0 Å². The molecule has 1 unspecified atom stereocenters. The minimum absolute atomic E-state index is 0.187. The van der Waals surface area contributed by atoms with Gasteiger partial charge in [0.05, 0.1) is 5.69 Å². The molecule has 0 aliphatic carbocycles. The van der Waals surface area contributed by atoms with Crippen LogP contribution in [0.25, 0.3) is 6.08 Å². The Bertz CT molecular complexity index is 767. The Morgan fingerprint density at radius 3 is 2.95 bits per heavy atom. The molecular weight excluding hydrogens is 287 g/mol. The number of nitrogens with zero attached hydrogens (tertiary/aromatic N) is 4. The number of aliphatic hydroxyl groups is 1. The zero-order chi connectivity index (χ0) is 15.4. The van der Waals surface area contributed by atoms with Gasteiger partial charge in [-0.2, -0.15) is 10.3 Å². The number of nitrogens with one attached hydrogen (secondary N) is 2. The lowest BCUT2D eigenvalue weighted by Crippen LogP contribution is -1.95. The van der Waals surface area contributed by atoms with Gasteiger partial charge in [0.2, 0.25) is 5.82 Å². The number of hydrogen-bond donors (Lipinski definition) is 3. The molecule has 1 atom stereocenters. The molecule has 1 aromatic carbocycles. The first-order valence-corrected chi connectivity index (χ1v) is 6.59. The van der Waals surface area contributed by atoms with E-state index in [1.54, 1.807) is 12.1 Å².